The van der Waals surface area contributed by atoms with Crippen LogP contribution < -0.4 is 0 Å². The van der Waals surface area contributed by atoms with E-state index in [1.165, 1.54) is 37.8 Å². The van der Waals surface area contributed by atoms with Crippen molar-refractivity contribution in [2.75, 3.05) is 6.54 Å². The molecule has 0 spiro atoms. The van der Waals surface area contributed by atoms with Gasteiger partial charge in [-0.1, -0.05) is 19.1 Å². The van der Waals surface area contributed by atoms with E-state index in [4.69, 9.17) is 0 Å². The summed E-state index contributed by atoms with van der Waals surface area (Å²) in [6.45, 7) is 7.70. The standard InChI is InChI=1S/C10H17N/c1-3-9-4-5-10-8(2)6-7-11(9)10/h9-10H,2-7H2,1H3. The Morgan fingerprint density at radius 3 is 3.09 bits per heavy atom. The molecule has 0 amide bonds. The molecular weight excluding hydrogens is 134 g/mol. The third-order valence-corrected chi connectivity index (χ3v) is 3.28. The minimum Gasteiger partial charge on any atom is -0.293 e. The van der Waals surface area contributed by atoms with Crippen LogP contribution in [0.15, 0.2) is 12.2 Å². The van der Waals surface area contributed by atoms with Gasteiger partial charge in [0.25, 0.3) is 0 Å². The molecule has 1 heteroatoms. The van der Waals surface area contributed by atoms with E-state index in [1.807, 2.05) is 0 Å². The third kappa shape index (κ3) is 1.02. The summed E-state index contributed by atoms with van der Waals surface area (Å²) in [4.78, 5) is 2.66. The van der Waals surface area contributed by atoms with E-state index in [0.29, 0.717) is 0 Å². The predicted molar refractivity (Wildman–Crippen MR) is 47.6 cm³/mol. The maximum absolute atomic E-state index is 4.12. The van der Waals surface area contributed by atoms with Gasteiger partial charge in [0, 0.05) is 18.6 Å². The van der Waals surface area contributed by atoms with Gasteiger partial charge in [0.05, 0.1) is 0 Å². The van der Waals surface area contributed by atoms with Crippen LogP contribution in [0.1, 0.15) is 32.6 Å². The zero-order valence-corrected chi connectivity index (χ0v) is 7.34. The Hall–Kier alpha value is -0.300. The zero-order valence-electron chi connectivity index (χ0n) is 7.34. The van der Waals surface area contributed by atoms with Gasteiger partial charge >= 0.3 is 0 Å². The van der Waals surface area contributed by atoms with E-state index in [2.05, 4.69) is 18.4 Å². The topological polar surface area (TPSA) is 3.24 Å². The van der Waals surface area contributed by atoms with Gasteiger partial charge in [0.1, 0.15) is 0 Å². The van der Waals surface area contributed by atoms with Crippen molar-refractivity contribution in [3.8, 4) is 0 Å². The van der Waals surface area contributed by atoms with Crippen molar-refractivity contribution in [2.45, 2.75) is 44.7 Å². The van der Waals surface area contributed by atoms with E-state index in [9.17, 15) is 0 Å². The summed E-state index contributed by atoms with van der Waals surface area (Å²) in [6, 6.07) is 1.64. The Kier molecular flexibility index (Phi) is 1.76. The van der Waals surface area contributed by atoms with Gasteiger partial charge in [0.2, 0.25) is 0 Å². The Morgan fingerprint density at radius 1 is 1.55 bits per heavy atom. The summed E-state index contributed by atoms with van der Waals surface area (Å²) >= 11 is 0. The summed E-state index contributed by atoms with van der Waals surface area (Å²) in [5.41, 5.74) is 1.49. The molecular formula is C10H17N. The molecule has 2 fully saturated rings. The van der Waals surface area contributed by atoms with E-state index < -0.39 is 0 Å². The first-order valence-corrected chi connectivity index (χ1v) is 4.76. The first-order valence-electron chi connectivity index (χ1n) is 4.76. The molecule has 2 aliphatic rings. The van der Waals surface area contributed by atoms with Crippen LogP contribution >= 0.6 is 0 Å². The van der Waals surface area contributed by atoms with Crippen LogP contribution in [0.3, 0.4) is 0 Å². The smallest absolute Gasteiger partial charge is 0.0309 e. The average molecular weight is 151 g/mol. The van der Waals surface area contributed by atoms with Gasteiger partial charge in [-0.05, 0) is 25.7 Å². The van der Waals surface area contributed by atoms with Crippen LogP contribution in [0.25, 0.3) is 0 Å². The number of rotatable bonds is 1. The number of hydrogen-bond acceptors (Lipinski definition) is 1. The SMILES string of the molecule is C=C1CCN2C(CC)CCC12. The Balaban J connectivity index is 2.10. The molecule has 2 atom stereocenters. The van der Waals surface area contributed by atoms with Crippen molar-refractivity contribution in [2.24, 2.45) is 0 Å². The Labute approximate surface area is 69.1 Å². The van der Waals surface area contributed by atoms with Crippen LogP contribution in [-0.2, 0) is 0 Å². The number of fused-ring (bicyclic) bond motifs is 1. The molecule has 0 N–H and O–H groups in total. The average Bonchev–Trinajstić information content (AvgIpc) is 2.53. The number of hydrogen-bond donors (Lipinski definition) is 0. The van der Waals surface area contributed by atoms with Crippen molar-refractivity contribution in [3.05, 3.63) is 12.2 Å². The second kappa shape index (κ2) is 2.63. The first kappa shape index (κ1) is 7.35. The van der Waals surface area contributed by atoms with Gasteiger partial charge < -0.3 is 0 Å². The number of nitrogens with zero attached hydrogens (tertiary/aromatic N) is 1. The summed E-state index contributed by atoms with van der Waals surface area (Å²) in [5, 5.41) is 0. The van der Waals surface area contributed by atoms with Crippen molar-refractivity contribution < 1.29 is 0 Å². The van der Waals surface area contributed by atoms with Gasteiger partial charge in [-0.2, -0.15) is 0 Å². The fraction of sp³-hybridized carbons (Fsp3) is 0.800. The molecule has 2 heterocycles. The molecule has 2 rings (SSSR count). The molecule has 0 bridgehead atoms. The molecule has 2 saturated heterocycles. The lowest BCUT2D eigenvalue weighted by Gasteiger charge is -2.21. The predicted octanol–water partition coefficient (Wildman–Crippen LogP) is 2.19. The molecule has 0 aromatic rings. The minimum absolute atomic E-state index is 0.764. The summed E-state index contributed by atoms with van der Waals surface area (Å²) in [7, 11) is 0. The van der Waals surface area contributed by atoms with Crippen molar-refractivity contribution in [3.63, 3.8) is 0 Å². The van der Waals surface area contributed by atoms with E-state index in [0.717, 1.165) is 12.1 Å². The lowest BCUT2D eigenvalue weighted by molar-refractivity contribution is 0.248. The molecule has 0 aliphatic carbocycles. The lowest BCUT2D eigenvalue weighted by Crippen LogP contribution is -2.30. The minimum atomic E-state index is 0.764. The normalized spacial score (nSPS) is 38.1. The van der Waals surface area contributed by atoms with Crippen LogP contribution in [0.2, 0.25) is 0 Å². The van der Waals surface area contributed by atoms with Gasteiger partial charge in [-0.25, -0.2) is 0 Å². The van der Waals surface area contributed by atoms with Gasteiger partial charge in [-0.15, -0.1) is 0 Å². The monoisotopic (exact) mass is 151 g/mol. The fourth-order valence-corrected chi connectivity index (χ4v) is 2.59. The zero-order chi connectivity index (χ0) is 7.84. The quantitative estimate of drug-likeness (QED) is 0.519. The second-order valence-corrected chi connectivity index (χ2v) is 3.80. The van der Waals surface area contributed by atoms with Crippen molar-refractivity contribution in [1.82, 2.24) is 4.90 Å². The van der Waals surface area contributed by atoms with Crippen molar-refractivity contribution >= 4 is 0 Å². The molecule has 0 aromatic carbocycles. The van der Waals surface area contributed by atoms with Gasteiger partial charge in [-0.3, -0.25) is 4.90 Å². The highest BCUT2D eigenvalue weighted by Gasteiger charge is 2.37. The maximum Gasteiger partial charge on any atom is 0.0309 e. The summed E-state index contributed by atoms with van der Waals surface area (Å²) < 4.78 is 0. The van der Waals surface area contributed by atoms with Crippen LogP contribution in [0.5, 0.6) is 0 Å². The second-order valence-electron chi connectivity index (χ2n) is 3.80. The Bertz CT molecular complexity index is 174. The molecule has 62 valence electrons. The maximum atomic E-state index is 4.12. The largest absolute Gasteiger partial charge is 0.293 e. The molecule has 0 aromatic heterocycles. The first-order chi connectivity index (χ1) is 5.33. The molecule has 0 radical (unpaired) electrons. The molecule has 2 unspecified atom stereocenters. The fourth-order valence-electron chi connectivity index (χ4n) is 2.59. The molecule has 11 heavy (non-hydrogen) atoms. The Morgan fingerprint density at radius 2 is 2.36 bits per heavy atom. The van der Waals surface area contributed by atoms with E-state index in [-0.39, 0.29) is 0 Å². The van der Waals surface area contributed by atoms with Crippen LogP contribution in [0.4, 0.5) is 0 Å². The molecule has 1 nitrogen and oxygen atoms in total. The highest BCUT2D eigenvalue weighted by atomic mass is 15.2. The lowest BCUT2D eigenvalue weighted by atomic mass is 10.1. The van der Waals surface area contributed by atoms with E-state index in [1.54, 1.807) is 0 Å². The summed E-state index contributed by atoms with van der Waals surface area (Å²) in [5.74, 6) is 0. The van der Waals surface area contributed by atoms with Crippen molar-refractivity contribution in [1.29, 1.82) is 0 Å². The van der Waals surface area contributed by atoms with E-state index >= 15 is 0 Å². The van der Waals surface area contributed by atoms with Crippen LogP contribution in [-0.4, -0.2) is 23.5 Å². The third-order valence-electron chi connectivity index (χ3n) is 3.28. The summed E-state index contributed by atoms with van der Waals surface area (Å²) in [6.07, 6.45) is 5.35. The highest BCUT2D eigenvalue weighted by Crippen LogP contribution is 2.36. The molecule has 0 saturated carbocycles. The highest BCUT2D eigenvalue weighted by molar-refractivity contribution is 5.15. The molecule has 2 aliphatic heterocycles. The van der Waals surface area contributed by atoms with Crippen LogP contribution in [0, 0.1) is 0 Å². The van der Waals surface area contributed by atoms with Gasteiger partial charge in [0.15, 0.2) is 0 Å².